The number of hydrogen-bond acceptors (Lipinski definition) is 6. The highest BCUT2D eigenvalue weighted by Crippen LogP contribution is 2.29. The van der Waals surface area contributed by atoms with Crippen molar-refractivity contribution in [1.29, 1.82) is 0 Å². The number of amides is 1. The molecule has 0 radical (unpaired) electrons. The molecule has 2 aliphatic rings. The molecular formula is C26H24FNO6. The number of aliphatic hydroxyl groups is 1. The number of hydrogen-bond donors (Lipinski definition) is 1. The van der Waals surface area contributed by atoms with Crippen LogP contribution >= 0.6 is 0 Å². The number of esters is 1. The van der Waals surface area contributed by atoms with Crippen LogP contribution in [0.15, 0.2) is 51.7 Å². The van der Waals surface area contributed by atoms with Crippen molar-refractivity contribution in [2.24, 2.45) is 0 Å². The van der Waals surface area contributed by atoms with Crippen LogP contribution in [0.3, 0.4) is 0 Å². The van der Waals surface area contributed by atoms with E-state index in [0.29, 0.717) is 16.5 Å². The zero-order valence-corrected chi connectivity index (χ0v) is 18.5. The number of fused-ring (bicyclic) bond motifs is 2. The fourth-order valence-corrected chi connectivity index (χ4v) is 4.88. The highest BCUT2D eigenvalue weighted by atomic mass is 19.1. The summed E-state index contributed by atoms with van der Waals surface area (Å²) in [5, 5.41) is 10.8. The molecule has 3 aromatic rings. The molecule has 2 heterocycles. The highest BCUT2D eigenvalue weighted by molar-refractivity contribution is 5.87. The molecule has 8 heteroatoms. The topological polar surface area (TPSA) is 97.1 Å². The molecule has 2 atom stereocenters. The second-order valence-electron chi connectivity index (χ2n) is 8.89. The first-order valence-corrected chi connectivity index (χ1v) is 11.3. The third-order valence-electron chi connectivity index (χ3n) is 6.58. The maximum Gasteiger partial charge on any atom is 0.336 e. The average Bonchev–Trinajstić information content (AvgIpc) is 3.43. The Balaban J connectivity index is 1.32. The van der Waals surface area contributed by atoms with Crippen molar-refractivity contribution in [3.63, 3.8) is 0 Å². The van der Waals surface area contributed by atoms with Gasteiger partial charge in [0.25, 0.3) is 0 Å². The van der Waals surface area contributed by atoms with Crippen molar-refractivity contribution < 1.29 is 28.2 Å². The summed E-state index contributed by atoms with van der Waals surface area (Å²) in [6, 6.07) is 10.1. The molecule has 1 saturated heterocycles. The first kappa shape index (κ1) is 22.3. The Hall–Kier alpha value is -3.52. The van der Waals surface area contributed by atoms with Crippen molar-refractivity contribution in [2.45, 2.75) is 50.9 Å². The summed E-state index contributed by atoms with van der Waals surface area (Å²) in [6.07, 6.45) is 1.86. The van der Waals surface area contributed by atoms with Gasteiger partial charge in [-0.1, -0.05) is 18.2 Å². The van der Waals surface area contributed by atoms with Crippen molar-refractivity contribution in [2.75, 3.05) is 6.54 Å². The standard InChI is InChI=1S/C26H24FNO6/c27-21-7-2-1-4-17(21)10-24(30)28-13-19(29)12-22(28)26(32)33-14-18-11-25(31)34-23-9-16-6-3-5-15(16)8-20(18)23/h1-2,4,7-9,11,19,22,29H,3,5-6,10,12-14H2. The summed E-state index contributed by atoms with van der Waals surface area (Å²) in [7, 11) is 0. The minimum atomic E-state index is -0.982. The van der Waals surface area contributed by atoms with Crippen LogP contribution in [0.4, 0.5) is 4.39 Å². The Morgan fingerprint density at radius 2 is 1.88 bits per heavy atom. The van der Waals surface area contributed by atoms with Crippen LogP contribution in [0.25, 0.3) is 11.0 Å². The summed E-state index contributed by atoms with van der Waals surface area (Å²) >= 11 is 0. The number of likely N-dealkylation sites (tertiary alicyclic amines) is 1. The van der Waals surface area contributed by atoms with E-state index < -0.39 is 35.5 Å². The molecule has 2 unspecified atom stereocenters. The number of aliphatic hydroxyl groups excluding tert-OH is 1. The van der Waals surface area contributed by atoms with E-state index in [1.54, 1.807) is 6.07 Å². The number of carbonyl (C=O) groups is 2. The second kappa shape index (κ2) is 9.02. The van der Waals surface area contributed by atoms with Crippen molar-refractivity contribution >= 4 is 22.8 Å². The van der Waals surface area contributed by atoms with Crippen LogP contribution in [0, 0.1) is 5.82 Å². The first-order valence-electron chi connectivity index (χ1n) is 11.3. The predicted octanol–water partition coefficient (Wildman–Crippen LogP) is 2.67. The number of β-amino-alcohol motifs (C(OH)–C–C–N with tert-alkyl or cyclic N) is 1. The smallest absolute Gasteiger partial charge is 0.336 e. The van der Waals surface area contributed by atoms with Crippen molar-refractivity contribution in [3.8, 4) is 0 Å². The highest BCUT2D eigenvalue weighted by Gasteiger charge is 2.40. The van der Waals surface area contributed by atoms with Crippen molar-refractivity contribution in [1.82, 2.24) is 4.90 Å². The number of nitrogens with zero attached hydrogens (tertiary/aromatic N) is 1. The summed E-state index contributed by atoms with van der Waals surface area (Å²) < 4.78 is 24.8. The molecule has 34 heavy (non-hydrogen) atoms. The molecule has 5 rings (SSSR count). The second-order valence-corrected chi connectivity index (χ2v) is 8.89. The van der Waals surface area contributed by atoms with Crippen LogP contribution in [-0.4, -0.2) is 40.6 Å². The Labute approximate surface area is 194 Å². The third kappa shape index (κ3) is 4.33. The summed E-state index contributed by atoms with van der Waals surface area (Å²) in [5.41, 5.74) is 3.02. The lowest BCUT2D eigenvalue weighted by Crippen LogP contribution is -2.42. The van der Waals surface area contributed by atoms with E-state index in [-0.39, 0.29) is 31.6 Å². The quantitative estimate of drug-likeness (QED) is 0.460. The van der Waals surface area contributed by atoms with E-state index in [1.165, 1.54) is 34.7 Å². The van der Waals surface area contributed by atoms with Crippen LogP contribution in [0.2, 0.25) is 0 Å². The van der Waals surface area contributed by atoms with Crippen LogP contribution in [-0.2, 0) is 40.2 Å². The Kier molecular flexibility index (Phi) is 5.91. The Morgan fingerprint density at radius 3 is 2.68 bits per heavy atom. The van der Waals surface area contributed by atoms with Gasteiger partial charge in [-0.2, -0.15) is 0 Å². The average molecular weight is 465 g/mol. The SMILES string of the molecule is O=C(OCc1cc(=O)oc2cc3c(cc12)CCC3)C1CC(O)CN1C(=O)Cc1ccccc1F. The van der Waals surface area contributed by atoms with Crippen LogP contribution < -0.4 is 5.63 Å². The van der Waals surface area contributed by atoms with Gasteiger partial charge in [0.05, 0.1) is 12.5 Å². The molecule has 1 aliphatic heterocycles. The number of benzene rings is 2. The van der Waals surface area contributed by atoms with Crippen molar-refractivity contribution in [3.05, 3.63) is 81.0 Å². The molecule has 0 saturated carbocycles. The Morgan fingerprint density at radius 1 is 1.12 bits per heavy atom. The maximum absolute atomic E-state index is 14.0. The van der Waals surface area contributed by atoms with Gasteiger partial charge < -0.3 is 19.2 Å². The molecule has 7 nitrogen and oxygen atoms in total. The predicted molar refractivity (Wildman–Crippen MR) is 121 cm³/mol. The lowest BCUT2D eigenvalue weighted by atomic mass is 10.0. The molecule has 176 valence electrons. The van der Waals surface area contributed by atoms with Gasteiger partial charge in [-0.3, -0.25) is 4.79 Å². The molecule has 1 aromatic heterocycles. The number of aryl methyl sites for hydroxylation is 2. The van der Waals surface area contributed by atoms with E-state index >= 15 is 0 Å². The summed E-state index contributed by atoms with van der Waals surface area (Å²) in [6.45, 7) is -0.196. The Bertz CT molecular complexity index is 1330. The summed E-state index contributed by atoms with van der Waals surface area (Å²) in [4.78, 5) is 39.0. The first-order chi connectivity index (χ1) is 16.4. The minimum Gasteiger partial charge on any atom is -0.459 e. The molecular weight excluding hydrogens is 441 g/mol. The zero-order valence-electron chi connectivity index (χ0n) is 18.5. The molecule has 1 amide bonds. The molecule has 1 aliphatic carbocycles. The van der Waals surface area contributed by atoms with Gasteiger partial charge >= 0.3 is 11.6 Å². The molecule has 1 N–H and O–H groups in total. The number of halogens is 1. The number of ether oxygens (including phenoxy) is 1. The normalized spacial score (nSPS) is 19.4. The van der Waals surface area contributed by atoms with Crippen LogP contribution in [0.5, 0.6) is 0 Å². The maximum atomic E-state index is 14.0. The van der Waals surface area contributed by atoms with Gasteiger partial charge in [0.1, 0.15) is 24.0 Å². The van der Waals surface area contributed by atoms with Gasteiger partial charge in [0, 0.05) is 30.0 Å². The fraction of sp³-hybridized carbons (Fsp3) is 0.346. The monoisotopic (exact) mass is 465 g/mol. The van der Waals surface area contributed by atoms with E-state index in [9.17, 15) is 23.9 Å². The zero-order chi connectivity index (χ0) is 23.8. The number of rotatable bonds is 5. The van der Waals surface area contributed by atoms with E-state index in [0.717, 1.165) is 24.8 Å². The fourth-order valence-electron chi connectivity index (χ4n) is 4.88. The van der Waals surface area contributed by atoms with Gasteiger partial charge in [-0.25, -0.2) is 14.0 Å². The molecule has 1 fully saturated rings. The lowest BCUT2D eigenvalue weighted by Gasteiger charge is -2.23. The third-order valence-corrected chi connectivity index (χ3v) is 6.58. The van der Waals surface area contributed by atoms with Gasteiger partial charge in [0.15, 0.2) is 0 Å². The number of carbonyl (C=O) groups excluding carboxylic acids is 2. The largest absolute Gasteiger partial charge is 0.459 e. The van der Waals surface area contributed by atoms with E-state index in [4.69, 9.17) is 9.15 Å². The molecule has 0 spiro atoms. The minimum absolute atomic E-state index is 0.0307. The van der Waals surface area contributed by atoms with Crippen LogP contribution in [0.1, 0.15) is 35.1 Å². The molecule has 2 aromatic carbocycles. The lowest BCUT2D eigenvalue weighted by molar-refractivity contribution is -0.154. The summed E-state index contributed by atoms with van der Waals surface area (Å²) in [5.74, 6) is -1.65. The van der Waals surface area contributed by atoms with Gasteiger partial charge in [-0.05, 0) is 54.2 Å². The van der Waals surface area contributed by atoms with Gasteiger partial charge in [0.2, 0.25) is 5.91 Å². The van der Waals surface area contributed by atoms with E-state index in [2.05, 4.69) is 0 Å². The van der Waals surface area contributed by atoms with E-state index in [1.807, 2.05) is 12.1 Å². The van der Waals surface area contributed by atoms with Gasteiger partial charge in [-0.15, -0.1) is 0 Å². The molecule has 0 bridgehead atoms.